The van der Waals surface area contributed by atoms with E-state index < -0.39 is 5.97 Å². The Morgan fingerprint density at radius 2 is 2.19 bits per heavy atom. The number of rotatable bonds is 3. The van der Waals surface area contributed by atoms with Gasteiger partial charge in [-0.15, -0.1) is 0 Å². The molecule has 0 saturated heterocycles. The number of fused-ring (bicyclic) bond motifs is 1. The SMILES string of the molecule is Cc1[nH]cc(NC(=O)c2ccc3c(c2)CCO3)c1C(=O)O. The largest absolute Gasteiger partial charge is 0.493 e. The third kappa shape index (κ3) is 2.35. The molecule has 2 aromatic rings. The summed E-state index contributed by atoms with van der Waals surface area (Å²) in [7, 11) is 0. The predicted octanol–water partition coefficient (Wildman–Crippen LogP) is 2.21. The monoisotopic (exact) mass is 286 g/mol. The van der Waals surface area contributed by atoms with Gasteiger partial charge >= 0.3 is 5.97 Å². The molecule has 0 saturated carbocycles. The van der Waals surface area contributed by atoms with Crippen LogP contribution < -0.4 is 10.1 Å². The van der Waals surface area contributed by atoms with Gasteiger partial charge in [0.2, 0.25) is 0 Å². The molecule has 21 heavy (non-hydrogen) atoms. The van der Waals surface area contributed by atoms with Gasteiger partial charge in [0.15, 0.2) is 0 Å². The van der Waals surface area contributed by atoms with Crippen LogP contribution in [0.2, 0.25) is 0 Å². The van der Waals surface area contributed by atoms with Crippen molar-refractivity contribution in [3.63, 3.8) is 0 Å². The standard InChI is InChI=1S/C15H14N2O4/c1-8-13(15(19)20)11(7-16-8)17-14(18)10-2-3-12-9(6-10)4-5-21-12/h2-3,6-7,16H,4-5H2,1H3,(H,17,18)(H,19,20). The number of H-pyrrole nitrogens is 1. The maximum absolute atomic E-state index is 12.2. The number of amides is 1. The van der Waals surface area contributed by atoms with Gasteiger partial charge in [-0.2, -0.15) is 0 Å². The van der Waals surface area contributed by atoms with E-state index in [0.29, 0.717) is 17.9 Å². The first kappa shape index (κ1) is 13.2. The minimum absolute atomic E-state index is 0.0767. The van der Waals surface area contributed by atoms with Crippen molar-refractivity contribution in [3.8, 4) is 5.75 Å². The normalized spacial score (nSPS) is 12.6. The topological polar surface area (TPSA) is 91.4 Å². The number of carbonyl (C=O) groups excluding carboxylic acids is 1. The van der Waals surface area contributed by atoms with Gasteiger partial charge in [0.25, 0.3) is 5.91 Å². The number of aromatic amines is 1. The van der Waals surface area contributed by atoms with E-state index in [-0.39, 0.29) is 17.2 Å². The van der Waals surface area contributed by atoms with Gasteiger partial charge in [-0.1, -0.05) is 0 Å². The summed E-state index contributed by atoms with van der Waals surface area (Å²) in [5, 5.41) is 11.8. The summed E-state index contributed by atoms with van der Waals surface area (Å²) in [6, 6.07) is 5.20. The minimum Gasteiger partial charge on any atom is -0.493 e. The number of carboxylic acids is 1. The summed E-state index contributed by atoms with van der Waals surface area (Å²) in [6.45, 7) is 2.27. The number of nitrogens with one attached hydrogen (secondary N) is 2. The summed E-state index contributed by atoms with van der Waals surface area (Å²) < 4.78 is 5.39. The molecule has 1 aliphatic heterocycles. The van der Waals surface area contributed by atoms with E-state index in [1.807, 2.05) is 0 Å². The molecule has 0 aliphatic carbocycles. The van der Waals surface area contributed by atoms with Gasteiger partial charge < -0.3 is 20.1 Å². The first-order valence-electron chi connectivity index (χ1n) is 6.54. The molecular formula is C15H14N2O4. The Balaban J connectivity index is 1.85. The molecule has 0 atom stereocenters. The number of hydrogen-bond donors (Lipinski definition) is 3. The van der Waals surface area contributed by atoms with E-state index >= 15 is 0 Å². The Kier molecular flexibility index (Phi) is 3.13. The van der Waals surface area contributed by atoms with Crippen molar-refractivity contribution < 1.29 is 19.4 Å². The van der Waals surface area contributed by atoms with E-state index in [9.17, 15) is 9.59 Å². The quantitative estimate of drug-likeness (QED) is 0.806. The number of carboxylic acid groups (broad SMARTS) is 1. The molecule has 3 N–H and O–H groups in total. The number of aromatic nitrogens is 1. The van der Waals surface area contributed by atoms with Crippen LogP contribution in [0.1, 0.15) is 32.0 Å². The molecule has 6 nitrogen and oxygen atoms in total. The molecule has 0 radical (unpaired) electrons. The third-order valence-electron chi connectivity index (χ3n) is 3.49. The van der Waals surface area contributed by atoms with E-state index in [1.54, 1.807) is 25.1 Å². The first-order valence-corrected chi connectivity index (χ1v) is 6.54. The zero-order valence-corrected chi connectivity index (χ0v) is 11.4. The number of aromatic carboxylic acids is 1. The van der Waals surface area contributed by atoms with Gasteiger partial charge in [-0.05, 0) is 30.7 Å². The molecule has 2 heterocycles. The molecule has 6 heteroatoms. The maximum atomic E-state index is 12.2. The number of hydrogen-bond acceptors (Lipinski definition) is 3. The summed E-state index contributed by atoms with van der Waals surface area (Å²) in [4.78, 5) is 26.2. The third-order valence-corrected chi connectivity index (χ3v) is 3.49. The van der Waals surface area contributed by atoms with Crippen molar-refractivity contribution in [2.45, 2.75) is 13.3 Å². The fourth-order valence-electron chi connectivity index (χ4n) is 2.42. The fraction of sp³-hybridized carbons (Fsp3) is 0.200. The van der Waals surface area contributed by atoms with E-state index in [0.717, 1.165) is 17.7 Å². The molecule has 0 spiro atoms. The predicted molar refractivity (Wildman–Crippen MR) is 76.1 cm³/mol. The van der Waals surface area contributed by atoms with Gasteiger partial charge in [0.1, 0.15) is 11.3 Å². The molecule has 1 aromatic heterocycles. The second-order valence-corrected chi connectivity index (χ2v) is 4.88. The van der Waals surface area contributed by atoms with Crippen LogP contribution in [0, 0.1) is 6.92 Å². The van der Waals surface area contributed by atoms with Crippen molar-refractivity contribution in [1.29, 1.82) is 0 Å². The Morgan fingerprint density at radius 1 is 1.38 bits per heavy atom. The van der Waals surface area contributed by atoms with Gasteiger partial charge in [-0.3, -0.25) is 4.79 Å². The zero-order valence-electron chi connectivity index (χ0n) is 11.4. The van der Waals surface area contributed by atoms with Crippen molar-refractivity contribution in [2.75, 3.05) is 11.9 Å². The van der Waals surface area contributed by atoms with E-state index in [1.165, 1.54) is 6.20 Å². The Labute approximate surface area is 120 Å². The van der Waals surface area contributed by atoms with Gasteiger partial charge in [0.05, 0.1) is 12.3 Å². The molecule has 0 unspecified atom stereocenters. The molecule has 0 bridgehead atoms. The lowest BCUT2D eigenvalue weighted by Gasteiger charge is -2.06. The van der Waals surface area contributed by atoms with Crippen molar-refractivity contribution in [3.05, 3.63) is 46.8 Å². The zero-order chi connectivity index (χ0) is 15.0. The van der Waals surface area contributed by atoms with Crippen LogP contribution in [0.4, 0.5) is 5.69 Å². The lowest BCUT2D eigenvalue weighted by atomic mass is 10.1. The minimum atomic E-state index is -1.08. The Bertz CT molecular complexity index is 733. The first-order chi connectivity index (χ1) is 10.1. The van der Waals surface area contributed by atoms with Crippen molar-refractivity contribution in [1.82, 2.24) is 4.98 Å². The highest BCUT2D eigenvalue weighted by molar-refractivity contribution is 6.08. The van der Waals surface area contributed by atoms with Gasteiger partial charge in [-0.25, -0.2) is 4.79 Å². The molecule has 1 aromatic carbocycles. The van der Waals surface area contributed by atoms with Crippen LogP contribution in [0.15, 0.2) is 24.4 Å². The lowest BCUT2D eigenvalue weighted by molar-refractivity contribution is 0.0697. The highest BCUT2D eigenvalue weighted by Gasteiger charge is 2.19. The smallest absolute Gasteiger partial charge is 0.339 e. The van der Waals surface area contributed by atoms with E-state index in [2.05, 4.69) is 10.3 Å². The number of benzene rings is 1. The molecule has 3 rings (SSSR count). The van der Waals surface area contributed by atoms with Crippen LogP contribution in [0.3, 0.4) is 0 Å². The molecule has 0 fully saturated rings. The van der Waals surface area contributed by atoms with E-state index in [4.69, 9.17) is 9.84 Å². The Morgan fingerprint density at radius 3 is 2.95 bits per heavy atom. The number of aryl methyl sites for hydroxylation is 1. The second-order valence-electron chi connectivity index (χ2n) is 4.88. The fourth-order valence-corrected chi connectivity index (χ4v) is 2.42. The van der Waals surface area contributed by atoms with Crippen LogP contribution in [0.25, 0.3) is 0 Å². The molecule has 1 aliphatic rings. The maximum Gasteiger partial charge on any atom is 0.339 e. The summed E-state index contributed by atoms with van der Waals surface area (Å²) in [5.41, 5.74) is 2.32. The summed E-state index contributed by atoms with van der Waals surface area (Å²) >= 11 is 0. The highest BCUT2D eigenvalue weighted by atomic mass is 16.5. The Hall–Kier alpha value is -2.76. The highest BCUT2D eigenvalue weighted by Crippen LogP contribution is 2.26. The summed E-state index contributed by atoms with van der Waals surface area (Å²) in [5.74, 6) is -0.618. The second kappa shape index (κ2) is 4.97. The average Bonchev–Trinajstić information content (AvgIpc) is 3.04. The molecule has 108 valence electrons. The van der Waals surface area contributed by atoms with Crippen LogP contribution >= 0.6 is 0 Å². The van der Waals surface area contributed by atoms with Crippen LogP contribution in [0.5, 0.6) is 5.75 Å². The van der Waals surface area contributed by atoms with Crippen LogP contribution in [-0.4, -0.2) is 28.6 Å². The number of carbonyl (C=O) groups is 2. The van der Waals surface area contributed by atoms with Crippen LogP contribution in [-0.2, 0) is 6.42 Å². The molecular weight excluding hydrogens is 272 g/mol. The van der Waals surface area contributed by atoms with Crippen molar-refractivity contribution in [2.24, 2.45) is 0 Å². The molecule has 1 amide bonds. The van der Waals surface area contributed by atoms with Crippen molar-refractivity contribution >= 4 is 17.6 Å². The average molecular weight is 286 g/mol. The summed E-state index contributed by atoms with van der Waals surface area (Å²) in [6.07, 6.45) is 2.26. The number of ether oxygens (including phenoxy) is 1. The lowest BCUT2D eigenvalue weighted by Crippen LogP contribution is -2.14. The number of anilines is 1. The van der Waals surface area contributed by atoms with Gasteiger partial charge in [0, 0.05) is 23.9 Å².